The number of ether oxygens (including phenoxy) is 1. The van der Waals surface area contributed by atoms with Gasteiger partial charge in [0.05, 0.1) is 34.0 Å². The molecule has 0 aliphatic carbocycles. The number of carbonyl (C=O) groups excluding carboxylic acids is 1. The second kappa shape index (κ2) is 10.1. The van der Waals surface area contributed by atoms with Crippen LogP contribution in [0.2, 0.25) is 0 Å². The first-order chi connectivity index (χ1) is 18.3. The number of carboxylic acids is 1. The van der Waals surface area contributed by atoms with Crippen LogP contribution in [-0.4, -0.2) is 28.2 Å². The van der Waals surface area contributed by atoms with Crippen LogP contribution in [0, 0.1) is 5.82 Å². The lowest BCUT2D eigenvalue weighted by Gasteiger charge is -2.24. The zero-order valence-electron chi connectivity index (χ0n) is 20.3. The minimum atomic E-state index is -1.08. The van der Waals surface area contributed by atoms with Gasteiger partial charge in [-0.2, -0.15) is 0 Å². The molecule has 1 atom stereocenters. The third-order valence-electron chi connectivity index (χ3n) is 6.03. The van der Waals surface area contributed by atoms with E-state index < -0.39 is 29.4 Å². The normalized spacial score (nSPS) is 15.2. The predicted octanol–water partition coefficient (Wildman–Crippen LogP) is 3.90. The first-order valence-electron chi connectivity index (χ1n) is 11.7. The number of aromatic carboxylic acids is 1. The monoisotopic (exact) mass is 532 g/mol. The Balaban J connectivity index is 1.64. The summed E-state index contributed by atoms with van der Waals surface area (Å²) in [5.74, 6) is -1.46. The molecule has 2 aromatic heterocycles. The minimum absolute atomic E-state index is 0.0917. The highest BCUT2D eigenvalue weighted by Crippen LogP contribution is 2.31. The molecule has 0 saturated carbocycles. The number of rotatable bonds is 6. The fraction of sp³-hybridized carbons (Fsp3) is 0.143. The van der Waals surface area contributed by atoms with Gasteiger partial charge in [0.2, 0.25) is 0 Å². The van der Waals surface area contributed by atoms with E-state index in [1.165, 1.54) is 34.9 Å². The Morgan fingerprint density at radius 2 is 1.89 bits per heavy atom. The molecule has 4 aromatic rings. The molecule has 5 rings (SSSR count). The molecule has 10 heteroatoms. The van der Waals surface area contributed by atoms with Crippen molar-refractivity contribution in [2.24, 2.45) is 4.99 Å². The molecular weight excluding hydrogens is 511 g/mol. The molecule has 2 aromatic carbocycles. The molecule has 0 bridgehead atoms. The van der Waals surface area contributed by atoms with Gasteiger partial charge >= 0.3 is 11.9 Å². The number of carbonyl (C=O) groups is 2. The van der Waals surface area contributed by atoms with Crippen LogP contribution in [0.25, 0.3) is 17.4 Å². The highest BCUT2D eigenvalue weighted by atomic mass is 32.1. The molecular formula is C28H21FN2O6S. The molecule has 0 fully saturated rings. The zero-order valence-corrected chi connectivity index (χ0v) is 21.1. The van der Waals surface area contributed by atoms with E-state index in [-0.39, 0.29) is 17.7 Å². The number of aromatic nitrogens is 1. The van der Waals surface area contributed by atoms with Gasteiger partial charge in [-0.3, -0.25) is 9.36 Å². The molecule has 1 aliphatic rings. The first-order valence-corrected chi connectivity index (χ1v) is 12.5. The summed E-state index contributed by atoms with van der Waals surface area (Å²) in [7, 11) is 0. The topological polar surface area (TPSA) is 111 Å². The van der Waals surface area contributed by atoms with Crippen molar-refractivity contribution in [1.82, 2.24) is 4.57 Å². The summed E-state index contributed by atoms with van der Waals surface area (Å²) in [6, 6.07) is 14.4. The molecule has 0 amide bonds. The van der Waals surface area contributed by atoms with E-state index in [1.54, 1.807) is 50.3 Å². The van der Waals surface area contributed by atoms with Gasteiger partial charge in [-0.25, -0.2) is 19.0 Å². The second-order valence-corrected chi connectivity index (χ2v) is 9.42. The average molecular weight is 533 g/mol. The summed E-state index contributed by atoms with van der Waals surface area (Å²) in [4.78, 5) is 43.0. The smallest absolute Gasteiger partial charge is 0.338 e. The molecule has 1 N–H and O–H groups in total. The molecule has 0 spiro atoms. The van der Waals surface area contributed by atoms with E-state index in [9.17, 15) is 23.9 Å². The van der Waals surface area contributed by atoms with Gasteiger partial charge in [-0.05, 0) is 49.7 Å². The molecule has 38 heavy (non-hydrogen) atoms. The van der Waals surface area contributed by atoms with E-state index in [1.807, 2.05) is 0 Å². The number of allylic oxidation sites excluding steroid dienone is 1. The van der Waals surface area contributed by atoms with Gasteiger partial charge in [0.1, 0.15) is 17.3 Å². The van der Waals surface area contributed by atoms with Crippen LogP contribution in [-0.2, 0) is 9.53 Å². The lowest BCUT2D eigenvalue weighted by atomic mass is 9.96. The van der Waals surface area contributed by atoms with Crippen molar-refractivity contribution in [2.45, 2.75) is 19.9 Å². The van der Waals surface area contributed by atoms with E-state index in [2.05, 4.69) is 4.99 Å². The third-order valence-corrected chi connectivity index (χ3v) is 7.01. The summed E-state index contributed by atoms with van der Waals surface area (Å²) in [6.45, 7) is 3.49. The van der Waals surface area contributed by atoms with Gasteiger partial charge in [0, 0.05) is 11.6 Å². The summed E-state index contributed by atoms with van der Waals surface area (Å²) in [5, 5.41) is 9.49. The van der Waals surface area contributed by atoms with Gasteiger partial charge in [0.25, 0.3) is 5.56 Å². The van der Waals surface area contributed by atoms with E-state index in [0.717, 1.165) is 11.3 Å². The van der Waals surface area contributed by atoms with Gasteiger partial charge in [-0.1, -0.05) is 41.7 Å². The highest BCUT2D eigenvalue weighted by molar-refractivity contribution is 7.07. The number of fused-ring (bicyclic) bond motifs is 1. The zero-order chi connectivity index (χ0) is 27.0. The van der Waals surface area contributed by atoms with Crippen LogP contribution in [0.3, 0.4) is 0 Å². The number of halogens is 1. The summed E-state index contributed by atoms with van der Waals surface area (Å²) < 4.78 is 26.5. The van der Waals surface area contributed by atoms with Crippen molar-refractivity contribution in [1.29, 1.82) is 0 Å². The Morgan fingerprint density at radius 1 is 1.16 bits per heavy atom. The maximum absolute atomic E-state index is 13.7. The Hall–Kier alpha value is -4.57. The number of hydrogen-bond acceptors (Lipinski definition) is 7. The second-order valence-electron chi connectivity index (χ2n) is 8.41. The van der Waals surface area contributed by atoms with Crippen LogP contribution in [0.15, 0.2) is 86.1 Å². The Bertz CT molecular complexity index is 1780. The predicted molar refractivity (Wildman–Crippen MR) is 138 cm³/mol. The van der Waals surface area contributed by atoms with E-state index >= 15 is 0 Å². The van der Waals surface area contributed by atoms with Crippen LogP contribution < -0.4 is 14.9 Å². The van der Waals surface area contributed by atoms with Gasteiger partial charge in [-0.15, -0.1) is 0 Å². The fourth-order valence-corrected chi connectivity index (χ4v) is 5.37. The first kappa shape index (κ1) is 25.1. The molecule has 0 saturated heterocycles. The average Bonchev–Trinajstić information content (AvgIpc) is 3.48. The molecule has 0 radical (unpaired) electrons. The number of thiazole rings is 1. The molecule has 0 unspecified atom stereocenters. The SMILES string of the molecule is CCOC(=O)C1=C(C)N=c2s/c(=C\c3ccc(-c4ccccc4C(=O)O)o3)c(=O)n2[C@@H]1c1ccc(F)cc1. The number of nitrogens with zero attached hydrogens (tertiary/aromatic N) is 2. The van der Waals surface area contributed by atoms with Crippen molar-refractivity contribution in [3.8, 4) is 11.3 Å². The van der Waals surface area contributed by atoms with Crippen molar-refractivity contribution in [3.05, 3.63) is 114 Å². The van der Waals surface area contributed by atoms with E-state index in [4.69, 9.17) is 9.15 Å². The van der Waals surface area contributed by atoms with Gasteiger partial charge < -0.3 is 14.3 Å². The number of hydrogen-bond donors (Lipinski definition) is 1. The quantitative estimate of drug-likeness (QED) is 0.377. The maximum atomic E-state index is 13.7. The van der Waals surface area contributed by atoms with Crippen molar-refractivity contribution in [2.75, 3.05) is 6.61 Å². The van der Waals surface area contributed by atoms with Crippen molar-refractivity contribution >= 4 is 29.4 Å². The molecule has 8 nitrogen and oxygen atoms in total. The Labute approximate surface area is 219 Å². The fourth-order valence-electron chi connectivity index (χ4n) is 4.34. The van der Waals surface area contributed by atoms with Gasteiger partial charge in [0.15, 0.2) is 4.80 Å². The highest BCUT2D eigenvalue weighted by Gasteiger charge is 2.33. The Morgan fingerprint density at radius 3 is 2.61 bits per heavy atom. The van der Waals surface area contributed by atoms with Crippen LogP contribution in [0.5, 0.6) is 0 Å². The summed E-state index contributed by atoms with van der Waals surface area (Å²) >= 11 is 1.12. The van der Waals surface area contributed by atoms with Crippen molar-refractivity contribution < 1.29 is 28.2 Å². The number of benzene rings is 2. The van der Waals surface area contributed by atoms with Crippen LogP contribution in [0.4, 0.5) is 4.39 Å². The standard InChI is InChI=1S/C28H21FN2O6S/c1-3-36-27(35)23-15(2)30-28-31(24(23)16-8-10-17(29)11-9-16)25(32)22(38-28)14-18-12-13-21(37-18)19-6-4-5-7-20(19)26(33)34/h4-14,24H,3H2,1-2H3,(H,33,34)/b22-14-/t24-/m1/s1. The van der Waals surface area contributed by atoms with Crippen LogP contribution in [0.1, 0.15) is 41.6 Å². The largest absolute Gasteiger partial charge is 0.478 e. The lowest BCUT2D eigenvalue weighted by Crippen LogP contribution is -2.39. The number of carboxylic acid groups (broad SMARTS) is 1. The van der Waals surface area contributed by atoms with E-state index in [0.29, 0.717) is 37.7 Å². The third kappa shape index (κ3) is 4.50. The molecule has 3 heterocycles. The summed E-state index contributed by atoms with van der Waals surface area (Å²) in [6.07, 6.45) is 1.54. The van der Waals surface area contributed by atoms with Crippen LogP contribution >= 0.6 is 11.3 Å². The number of furan rings is 1. The number of esters is 1. The maximum Gasteiger partial charge on any atom is 0.338 e. The summed E-state index contributed by atoms with van der Waals surface area (Å²) in [5.41, 5.74) is 1.21. The molecule has 1 aliphatic heterocycles. The lowest BCUT2D eigenvalue weighted by molar-refractivity contribution is -0.139. The van der Waals surface area contributed by atoms with Crippen molar-refractivity contribution in [3.63, 3.8) is 0 Å². The minimum Gasteiger partial charge on any atom is -0.478 e. The molecule has 192 valence electrons. The Kier molecular flexibility index (Phi) is 6.64.